The van der Waals surface area contributed by atoms with Gasteiger partial charge in [0, 0.05) is 12.5 Å². The number of fused-ring (bicyclic) bond motifs is 1. The summed E-state index contributed by atoms with van der Waals surface area (Å²) in [6, 6.07) is 0. The maximum Gasteiger partial charge on any atom is 0.136 e. The standard InChI is InChI=1S/C8H13N3/c1-6(2)7-3-4-11-5-9-10-8(7)11/h5-7H,3-4H2,1-2H3/t7-/m1/s1. The molecule has 1 aromatic rings. The first-order chi connectivity index (χ1) is 5.29. The summed E-state index contributed by atoms with van der Waals surface area (Å²) in [6.07, 6.45) is 3.07. The average Bonchev–Trinajstić information content (AvgIpc) is 2.41. The molecule has 1 aromatic heterocycles. The molecule has 0 bridgehead atoms. The van der Waals surface area contributed by atoms with E-state index in [4.69, 9.17) is 0 Å². The van der Waals surface area contributed by atoms with Crippen LogP contribution in [-0.2, 0) is 6.54 Å². The Morgan fingerprint density at radius 2 is 2.45 bits per heavy atom. The quantitative estimate of drug-likeness (QED) is 0.607. The van der Waals surface area contributed by atoms with E-state index < -0.39 is 0 Å². The van der Waals surface area contributed by atoms with Crippen LogP contribution in [-0.4, -0.2) is 14.8 Å². The van der Waals surface area contributed by atoms with Crippen molar-refractivity contribution in [3.8, 4) is 0 Å². The minimum atomic E-state index is 0.637. The van der Waals surface area contributed by atoms with Gasteiger partial charge in [-0.05, 0) is 12.3 Å². The summed E-state index contributed by atoms with van der Waals surface area (Å²) in [6.45, 7) is 5.59. The van der Waals surface area contributed by atoms with Crippen molar-refractivity contribution in [1.82, 2.24) is 14.8 Å². The van der Waals surface area contributed by atoms with Crippen LogP contribution in [0, 0.1) is 5.92 Å². The number of rotatable bonds is 1. The second-order valence-corrected chi connectivity index (χ2v) is 3.52. The normalized spacial score (nSPS) is 22.6. The topological polar surface area (TPSA) is 30.7 Å². The van der Waals surface area contributed by atoms with Crippen LogP contribution >= 0.6 is 0 Å². The van der Waals surface area contributed by atoms with Crippen LogP contribution in [0.2, 0.25) is 0 Å². The van der Waals surface area contributed by atoms with Gasteiger partial charge in [-0.2, -0.15) is 0 Å². The van der Waals surface area contributed by atoms with Gasteiger partial charge in [0.2, 0.25) is 0 Å². The fraction of sp³-hybridized carbons (Fsp3) is 0.750. The van der Waals surface area contributed by atoms with Gasteiger partial charge in [0.15, 0.2) is 0 Å². The average molecular weight is 151 g/mol. The SMILES string of the molecule is CC(C)[C@H]1CCn2cnnc21. The molecule has 0 amide bonds. The first kappa shape index (κ1) is 6.83. The van der Waals surface area contributed by atoms with Crippen molar-refractivity contribution >= 4 is 0 Å². The molecule has 0 fully saturated rings. The van der Waals surface area contributed by atoms with Crippen LogP contribution in [0.5, 0.6) is 0 Å². The first-order valence-corrected chi connectivity index (χ1v) is 4.16. The lowest BCUT2D eigenvalue weighted by atomic mass is 9.94. The molecule has 2 rings (SSSR count). The number of nitrogens with zero attached hydrogens (tertiary/aromatic N) is 3. The Labute approximate surface area is 66.4 Å². The molecule has 1 aliphatic heterocycles. The van der Waals surface area contributed by atoms with E-state index in [0.717, 1.165) is 6.54 Å². The van der Waals surface area contributed by atoms with E-state index >= 15 is 0 Å². The van der Waals surface area contributed by atoms with Crippen LogP contribution in [0.1, 0.15) is 32.0 Å². The van der Waals surface area contributed by atoms with Crippen LogP contribution in [0.3, 0.4) is 0 Å². The molecule has 0 N–H and O–H groups in total. The number of hydrogen-bond donors (Lipinski definition) is 0. The molecular weight excluding hydrogens is 138 g/mol. The van der Waals surface area contributed by atoms with Gasteiger partial charge in [0.1, 0.15) is 12.2 Å². The Balaban J connectivity index is 2.31. The van der Waals surface area contributed by atoms with Crippen LogP contribution in [0.25, 0.3) is 0 Å². The van der Waals surface area contributed by atoms with E-state index in [1.807, 2.05) is 6.33 Å². The molecule has 0 aromatic carbocycles. The maximum atomic E-state index is 4.11. The molecule has 0 spiro atoms. The highest BCUT2D eigenvalue weighted by molar-refractivity contribution is 5.02. The molecule has 0 saturated carbocycles. The maximum absolute atomic E-state index is 4.11. The van der Waals surface area contributed by atoms with Gasteiger partial charge in [0.05, 0.1) is 0 Å². The van der Waals surface area contributed by atoms with Crippen molar-refractivity contribution in [2.24, 2.45) is 5.92 Å². The third-order valence-corrected chi connectivity index (χ3v) is 2.46. The minimum absolute atomic E-state index is 0.637. The highest BCUT2D eigenvalue weighted by atomic mass is 15.3. The Bertz CT molecular complexity index is 252. The van der Waals surface area contributed by atoms with E-state index in [-0.39, 0.29) is 0 Å². The lowest BCUT2D eigenvalue weighted by Crippen LogP contribution is -2.03. The van der Waals surface area contributed by atoms with Crippen molar-refractivity contribution in [2.45, 2.75) is 32.7 Å². The molecule has 3 nitrogen and oxygen atoms in total. The van der Waals surface area contributed by atoms with Crippen LogP contribution in [0.15, 0.2) is 6.33 Å². The second kappa shape index (κ2) is 2.32. The van der Waals surface area contributed by atoms with Crippen molar-refractivity contribution < 1.29 is 0 Å². The van der Waals surface area contributed by atoms with Crippen molar-refractivity contribution in [2.75, 3.05) is 0 Å². The lowest BCUT2D eigenvalue weighted by molar-refractivity contribution is 0.484. The summed E-state index contributed by atoms with van der Waals surface area (Å²) in [4.78, 5) is 0. The fourth-order valence-corrected chi connectivity index (χ4v) is 1.76. The molecule has 0 unspecified atom stereocenters. The van der Waals surface area contributed by atoms with Crippen molar-refractivity contribution in [3.63, 3.8) is 0 Å². The minimum Gasteiger partial charge on any atom is -0.317 e. The smallest absolute Gasteiger partial charge is 0.136 e. The summed E-state index contributed by atoms with van der Waals surface area (Å²) in [5, 5.41) is 8.00. The number of aryl methyl sites for hydroxylation is 1. The van der Waals surface area contributed by atoms with E-state index in [1.54, 1.807) is 0 Å². The summed E-state index contributed by atoms with van der Waals surface area (Å²) >= 11 is 0. The summed E-state index contributed by atoms with van der Waals surface area (Å²) in [5.41, 5.74) is 0. The van der Waals surface area contributed by atoms with E-state index in [1.165, 1.54) is 12.2 Å². The van der Waals surface area contributed by atoms with Crippen LogP contribution in [0.4, 0.5) is 0 Å². The van der Waals surface area contributed by atoms with E-state index in [2.05, 4.69) is 28.6 Å². The van der Waals surface area contributed by atoms with E-state index in [9.17, 15) is 0 Å². The highest BCUT2D eigenvalue weighted by Crippen LogP contribution is 2.31. The van der Waals surface area contributed by atoms with Crippen molar-refractivity contribution in [1.29, 1.82) is 0 Å². The molecule has 0 radical (unpaired) electrons. The molecule has 60 valence electrons. The third-order valence-electron chi connectivity index (χ3n) is 2.46. The third kappa shape index (κ3) is 0.951. The zero-order valence-corrected chi connectivity index (χ0v) is 6.99. The molecule has 1 atom stereocenters. The van der Waals surface area contributed by atoms with Gasteiger partial charge >= 0.3 is 0 Å². The van der Waals surface area contributed by atoms with Gasteiger partial charge in [-0.25, -0.2) is 0 Å². The van der Waals surface area contributed by atoms with Crippen LogP contribution < -0.4 is 0 Å². The van der Waals surface area contributed by atoms with Gasteiger partial charge in [-0.1, -0.05) is 13.8 Å². The monoisotopic (exact) mass is 151 g/mol. The lowest BCUT2D eigenvalue weighted by Gasteiger charge is -2.10. The predicted molar refractivity (Wildman–Crippen MR) is 42.2 cm³/mol. The largest absolute Gasteiger partial charge is 0.317 e. The Morgan fingerprint density at radius 3 is 3.18 bits per heavy atom. The number of aromatic nitrogens is 3. The van der Waals surface area contributed by atoms with Gasteiger partial charge < -0.3 is 4.57 Å². The second-order valence-electron chi connectivity index (χ2n) is 3.52. The Kier molecular flexibility index (Phi) is 1.44. The zero-order valence-electron chi connectivity index (χ0n) is 6.99. The highest BCUT2D eigenvalue weighted by Gasteiger charge is 2.26. The summed E-state index contributed by atoms with van der Waals surface area (Å²) < 4.78 is 2.16. The Hall–Kier alpha value is -0.860. The van der Waals surface area contributed by atoms with Gasteiger partial charge in [0.25, 0.3) is 0 Å². The molecular formula is C8H13N3. The molecule has 0 aliphatic carbocycles. The first-order valence-electron chi connectivity index (χ1n) is 4.16. The zero-order chi connectivity index (χ0) is 7.84. The summed E-state index contributed by atoms with van der Waals surface area (Å²) in [7, 11) is 0. The molecule has 3 heteroatoms. The number of hydrogen-bond acceptors (Lipinski definition) is 2. The molecule has 0 saturated heterocycles. The molecule has 1 aliphatic rings. The van der Waals surface area contributed by atoms with Crippen molar-refractivity contribution in [3.05, 3.63) is 12.2 Å². The molecule has 11 heavy (non-hydrogen) atoms. The summed E-state index contributed by atoms with van der Waals surface area (Å²) in [5.74, 6) is 2.51. The van der Waals surface area contributed by atoms with E-state index in [0.29, 0.717) is 11.8 Å². The molecule has 2 heterocycles. The predicted octanol–water partition coefficient (Wildman–Crippen LogP) is 1.42. The van der Waals surface area contributed by atoms with Gasteiger partial charge in [-0.3, -0.25) is 0 Å². The Morgan fingerprint density at radius 1 is 1.64 bits per heavy atom. The fourth-order valence-electron chi connectivity index (χ4n) is 1.76. The van der Waals surface area contributed by atoms with Gasteiger partial charge in [-0.15, -0.1) is 10.2 Å².